The molecule has 35 heavy (non-hydrogen) atoms. The number of allylic oxidation sites excluding steroid dienone is 2. The highest BCUT2D eigenvalue weighted by Gasteiger charge is 2.45. The Balaban J connectivity index is 1.83. The van der Waals surface area contributed by atoms with Crippen LogP contribution in [0, 0.1) is 5.92 Å². The lowest BCUT2D eigenvalue weighted by Gasteiger charge is -2.37. The molecule has 0 saturated heterocycles. The predicted molar refractivity (Wildman–Crippen MR) is 136 cm³/mol. The van der Waals surface area contributed by atoms with Crippen LogP contribution in [0.4, 0.5) is 0 Å². The quantitative estimate of drug-likeness (QED) is 0.466. The smallest absolute Gasteiger partial charge is 0.315 e. The second-order valence-electron chi connectivity index (χ2n) is 8.62. The van der Waals surface area contributed by atoms with Gasteiger partial charge in [-0.3, -0.25) is 14.6 Å². The van der Waals surface area contributed by atoms with Crippen molar-refractivity contribution in [2.45, 2.75) is 31.6 Å². The van der Waals surface area contributed by atoms with E-state index in [2.05, 4.69) is 15.9 Å². The van der Waals surface area contributed by atoms with Crippen LogP contribution in [0.15, 0.2) is 57.1 Å². The van der Waals surface area contributed by atoms with E-state index in [0.29, 0.717) is 47.1 Å². The molecule has 7 nitrogen and oxygen atoms in total. The van der Waals surface area contributed by atoms with Gasteiger partial charge in [0, 0.05) is 39.4 Å². The average Bonchev–Trinajstić information content (AvgIpc) is 2.86. The van der Waals surface area contributed by atoms with Crippen LogP contribution in [0.3, 0.4) is 0 Å². The van der Waals surface area contributed by atoms with Crippen molar-refractivity contribution in [3.8, 4) is 17.2 Å². The van der Waals surface area contributed by atoms with Crippen LogP contribution in [-0.2, 0) is 14.3 Å². The molecule has 1 aliphatic carbocycles. The van der Waals surface area contributed by atoms with Crippen molar-refractivity contribution in [3.63, 3.8) is 0 Å². The number of carbonyl (C=O) groups is 2. The first kappa shape index (κ1) is 25.0. The molecule has 1 heterocycles. The first-order valence-electron chi connectivity index (χ1n) is 11.3. The number of halogens is 1. The average molecular weight is 542 g/mol. The third-order valence-corrected chi connectivity index (χ3v) is 7.24. The van der Waals surface area contributed by atoms with Gasteiger partial charge in [0.05, 0.1) is 28.4 Å². The number of hydrogen-bond acceptors (Lipinski definition) is 7. The zero-order valence-electron chi connectivity index (χ0n) is 20.4. The van der Waals surface area contributed by atoms with Crippen molar-refractivity contribution in [1.82, 2.24) is 0 Å². The van der Waals surface area contributed by atoms with Gasteiger partial charge in [0.25, 0.3) is 0 Å². The summed E-state index contributed by atoms with van der Waals surface area (Å²) in [4.78, 5) is 31.4. The molecule has 0 aromatic heterocycles. The predicted octanol–water partition coefficient (Wildman–Crippen LogP) is 5.22. The van der Waals surface area contributed by atoms with Gasteiger partial charge < -0.3 is 18.9 Å². The molecule has 0 spiro atoms. The fraction of sp³-hybridized carbons (Fsp3) is 0.370. The Morgan fingerprint density at radius 3 is 2.29 bits per heavy atom. The van der Waals surface area contributed by atoms with Crippen molar-refractivity contribution >= 4 is 33.4 Å². The van der Waals surface area contributed by atoms with Crippen molar-refractivity contribution in [2.75, 3.05) is 28.4 Å². The van der Waals surface area contributed by atoms with Crippen LogP contribution in [0.5, 0.6) is 17.2 Å². The molecule has 1 aliphatic heterocycles. The molecular formula is C27H28BrNO6. The first-order valence-corrected chi connectivity index (χ1v) is 12.1. The highest BCUT2D eigenvalue weighted by molar-refractivity contribution is 9.10. The van der Waals surface area contributed by atoms with Crippen LogP contribution >= 0.6 is 15.9 Å². The summed E-state index contributed by atoms with van der Waals surface area (Å²) < 4.78 is 22.4. The maximum atomic E-state index is 13.7. The molecule has 0 amide bonds. The van der Waals surface area contributed by atoms with Crippen LogP contribution in [0.25, 0.3) is 0 Å². The highest BCUT2D eigenvalue weighted by Crippen LogP contribution is 2.49. The van der Waals surface area contributed by atoms with Gasteiger partial charge in [-0.2, -0.15) is 0 Å². The van der Waals surface area contributed by atoms with E-state index in [0.717, 1.165) is 15.6 Å². The number of carbonyl (C=O) groups excluding carboxylic acids is 2. The van der Waals surface area contributed by atoms with E-state index in [1.165, 1.54) is 7.11 Å². The summed E-state index contributed by atoms with van der Waals surface area (Å²) in [7, 11) is 6.11. The number of esters is 1. The Labute approximate surface area is 213 Å². The van der Waals surface area contributed by atoms with E-state index in [4.69, 9.17) is 23.9 Å². The maximum Gasteiger partial charge on any atom is 0.315 e. The third-order valence-electron chi connectivity index (χ3n) is 6.75. The van der Waals surface area contributed by atoms with Crippen LogP contribution in [0.2, 0.25) is 0 Å². The number of hydrogen-bond donors (Lipinski definition) is 0. The Bertz CT molecular complexity index is 1230. The van der Waals surface area contributed by atoms with Crippen LogP contribution < -0.4 is 14.2 Å². The van der Waals surface area contributed by atoms with Gasteiger partial charge in [-0.1, -0.05) is 22.0 Å². The van der Waals surface area contributed by atoms with Crippen LogP contribution in [-0.4, -0.2) is 45.9 Å². The van der Waals surface area contributed by atoms with Gasteiger partial charge in [0.2, 0.25) is 0 Å². The SMILES string of the molecule is COC(=O)C1C(C)=NC2=C(C(=O)C[C@@H](c3ccc(OC)c(OC)c3)C2)[C@H]1c1cc(Br)ccc1OC. The number of ether oxygens (including phenoxy) is 4. The fourth-order valence-corrected chi connectivity index (χ4v) is 5.50. The van der Waals surface area contributed by atoms with E-state index >= 15 is 0 Å². The van der Waals surface area contributed by atoms with Crippen LogP contribution in [0.1, 0.15) is 42.7 Å². The Morgan fingerprint density at radius 2 is 1.63 bits per heavy atom. The Morgan fingerprint density at radius 1 is 0.943 bits per heavy atom. The highest BCUT2D eigenvalue weighted by atomic mass is 79.9. The largest absolute Gasteiger partial charge is 0.496 e. The number of methoxy groups -OCH3 is 4. The molecule has 1 unspecified atom stereocenters. The van der Waals surface area contributed by atoms with E-state index in [1.54, 1.807) is 21.3 Å². The van der Waals surface area contributed by atoms with Crippen molar-refractivity contribution < 1.29 is 28.5 Å². The number of ketones is 1. The summed E-state index contributed by atoms with van der Waals surface area (Å²) in [5, 5.41) is 0. The molecule has 184 valence electrons. The van der Waals surface area contributed by atoms with Gasteiger partial charge in [-0.25, -0.2) is 0 Å². The van der Waals surface area contributed by atoms with Gasteiger partial charge in [-0.15, -0.1) is 0 Å². The lowest BCUT2D eigenvalue weighted by molar-refractivity contribution is -0.143. The van der Waals surface area contributed by atoms with Crippen molar-refractivity contribution in [3.05, 3.63) is 63.3 Å². The Hall–Kier alpha value is -3.13. The molecule has 0 N–H and O–H groups in total. The molecule has 4 rings (SSSR count). The molecule has 0 radical (unpaired) electrons. The summed E-state index contributed by atoms with van der Waals surface area (Å²) in [6.45, 7) is 1.81. The van der Waals surface area contributed by atoms with E-state index < -0.39 is 17.8 Å². The normalized spacial score (nSPS) is 21.7. The van der Waals surface area contributed by atoms with Gasteiger partial charge in [0.1, 0.15) is 11.7 Å². The zero-order chi connectivity index (χ0) is 25.3. The minimum absolute atomic E-state index is 0.0387. The molecule has 8 heteroatoms. The number of aliphatic imine (C=N–C) groups is 1. The van der Waals surface area contributed by atoms with Gasteiger partial charge >= 0.3 is 5.97 Å². The first-order chi connectivity index (χ1) is 16.8. The van der Waals surface area contributed by atoms with E-state index in [9.17, 15) is 9.59 Å². The summed E-state index contributed by atoms with van der Waals surface area (Å²) in [5.41, 5.74) is 3.59. The minimum atomic E-state index is -0.719. The monoisotopic (exact) mass is 541 g/mol. The second kappa shape index (κ2) is 10.2. The molecule has 0 saturated carbocycles. The molecule has 2 aromatic carbocycles. The van der Waals surface area contributed by atoms with Gasteiger partial charge in [-0.05, 0) is 55.2 Å². The minimum Gasteiger partial charge on any atom is -0.496 e. The third kappa shape index (κ3) is 4.59. The summed E-state index contributed by atoms with van der Waals surface area (Å²) in [5.74, 6) is 0.0315. The number of nitrogens with zero attached hydrogens (tertiary/aromatic N) is 1. The maximum absolute atomic E-state index is 13.7. The molecule has 3 atom stereocenters. The summed E-state index contributed by atoms with van der Waals surface area (Å²) >= 11 is 3.52. The molecule has 0 bridgehead atoms. The molecule has 2 aromatic rings. The molecule has 0 fully saturated rings. The standard InChI is InChI=1S/C27H28BrNO6/c1-14-24(27(31)35-5)25(18-13-17(28)7-9-21(18)32-2)26-19(29-14)10-16(11-20(26)30)15-6-8-22(33-3)23(12-15)34-4/h6-9,12-13,16,24-25H,10-11H2,1-5H3/t16-,24?,25-/m0/s1. The number of benzene rings is 2. The summed E-state index contributed by atoms with van der Waals surface area (Å²) in [6.07, 6.45) is 0.859. The topological polar surface area (TPSA) is 83.4 Å². The lowest BCUT2D eigenvalue weighted by atomic mass is 9.69. The van der Waals surface area contributed by atoms with Crippen molar-refractivity contribution in [2.24, 2.45) is 10.9 Å². The molecular weight excluding hydrogens is 514 g/mol. The van der Waals surface area contributed by atoms with Gasteiger partial charge in [0.15, 0.2) is 17.3 Å². The Kier molecular flexibility index (Phi) is 7.31. The number of Topliss-reactive ketones (excluding diaryl/α,β-unsaturated/α-hetero) is 1. The fourth-order valence-electron chi connectivity index (χ4n) is 5.12. The number of rotatable bonds is 6. The van der Waals surface area contributed by atoms with Crippen molar-refractivity contribution in [1.29, 1.82) is 0 Å². The lowest BCUT2D eigenvalue weighted by Crippen LogP contribution is -2.38. The van der Waals surface area contributed by atoms with E-state index in [-0.39, 0.29) is 11.7 Å². The second-order valence-corrected chi connectivity index (χ2v) is 9.54. The summed E-state index contributed by atoms with van der Waals surface area (Å²) in [6, 6.07) is 11.3. The molecule has 2 aliphatic rings. The van der Waals surface area contributed by atoms with E-state index in [1.807, 2.05) is 43.3 Å². The zero-order valence-corrected chi connectivity index (χ0v) is 22.0.